The van der Waals surface area contributed by atoms with Gasteiger partial charge in [-0.3, -0.25) is 14.8 Å². The number of benzene rings is 1. The van der Waals surface area contributed by atoms with Gasteiger partial charge in [0, 0.05) is 23.7 Å². The molecule has 0 aliphatic carbocycles. The van der Waals surface area contributed by atoms with Crippen LogP contribution in [0.3, 0.4) is 0 Å². The maximum atomic E-state index is 13.7. The van der Waals surface area contributed by atoms with Gasteiger partial charge in [0.25, 0.3) is 5.91 Å². The van der Waals surface area contributed by atoms with Gasteiger partial charge in [0.2, 0.25) is 0 Å². The first kappa shape index (κ1) is 24.8. The Hall–Kier alpha value is -4.49. The van der Waals surface area contributed by atoms with Crippen LogP contribution in [-0.4, -0.2) is 51.7 Å². The van der Waals surface area contributed by atoms with Crippen molar-refractivity contribution in [1.29, 1.82) is 5.26 Å². The molecule has 0 unspecified atom stereocenters. The molecular formula is C29H26FN7O2. The van der Waals surface area contributed by atoms with E-state index in [1.165, 1.54) is 0 Å². The molecule has 2 atom stereocenters. The number of alkyl halides is 1. The zero-order valence-electron chi connectivity index (χ0n) is 21.4. The second-order valence-electron chi connectivity index (χ2n) is 10.2. The molecule has 0 spiro atoms. The summed E-state index contributed by atoms with van der Waals surface area (Å²) in [5, 5.41) is 13.4. The van der Waals surface area contributed by atoms with Crippen LogP contribution in [-0.2, 0) is 23.3 Å². The predicted molar refractivity (Wildman–Crippen MR) is 143 cm³/mol. The Morgan fingerprint density at radius 2 is 2.10 bits per heavy atom. The first-order chi connectivity index (χ1) is 18.9. The lowest BCUT2D eigenvalue weighted by atomic mass is 9.79. The highest BCUT2D eigenvalue weighted by atomic mass is 19.1. The number of ether oxygens (including phenoxy) is 1. The molecule has 1 N–H and O–H groups in total. The zero-order valence-corrected chi connectivity index (χ0v) is 21.4. The summed E-state index contributed by atoms with van der Waals surface area (Å²) in [6.07, 6.45) is 4.65. The number of nitrogens with zero attached hydrogens (tertiary/aromatic N) is 6. The number of halogens is 1. The van der Waals surface area contributed by atoms with Crippen molar-refractivity contribution >= 4 is 22.6 Å². The molecule has 1 fully saturated rings. The second kappa shape index (κ2) is 10.0. The highest BCUT2D eigenvalue weighted by Gasteiger charge is 2.33. The Balaban J connectivity index is 1.19. The standard InChI is InChI=1S/C29H26FN7O2/c1-29(16-31)17-39-15-20-3-2-18(8-23(20)29)28(38)34-11-22-9-25-19(10-33-22)4-5-24(35-25)26-12-32-13-27(36-26)37-7-6-21(30)14-37/h2-5,8-10,12-13,21H,6-7,11,14-15,17H2,1H3,(H,34,38)/t21-,29-/m1/s1. The van der Waals surface area contributed by atoms with Gasteiger partial charge in [-0.2, -0.15) is 5.26 Å². The lowest BCUT2D eigenvalue weighted by Gasteiger charge is -2.30. The summed E-state index contributed by atoms with van der Waals surface area (Å²) >= 11 is 0. The number of nitrogens with one attached hydrogen (secondary N) is 1. The molecule has 4 aromatic rings. The van der Waals surface area contributed by atoms with E-state index in [1.807, 2.05) is 36.1 Å². The smallest absolute Gasteiger partial charge is 0.251 e. The number of rotatable bonds is 5. The fourth-order valence-electron chi connectivity index (χ4n) is 5.02. The summed E-state index contributed by atoms with van der Waals surface area (Å²) < 4.78 is 19.2. The Morgan fingerprint density at radius 3 is 2.92 bits per heavy atom. The SMILES string of the molecule is C[C@@]1(C#N)COCc2ccc(C(=O)NCc3cc4nc(-c5cncc(N6CC[C@@H](F)C6)n5)ccc4cn3)cc21. The Kier molecular flexibility index (Phi) is 6.37. The molecule has 0 bridgehead atoms. The number of amides is 1. The normalized spacial score (nSPS) is 20.4. The van der Waals surface area contributed by atoms with Crippen LogP contribution in [0.5, 0.6) is 0 Å². The molecule has 1 saturated heterocycles. The van der Waals surface area contributed by atoms with E-state index in [0.717, 1.165) is 16.5 Å². The first-order valence-corrected chi connectivity index (χ1v) is 12.8. The number of pyridine rings is 2. The molecule has 9 nitrogen and oxygen atoms in total. The number of anilines is 1. The van der Waals surface area contributed by atoms with Crippen molar-refractivity contribution in [2.45, 2.75) is 38.1 Å². The lowest BCUT2D eigenvalue weighted by molar-refractivity contribution is 0.0757. The van der Waals surface area contributed by atoms with Crippen LogP contribution in [0.25, 0.3) is 22.3 Å². The van der Waals surface area contributed by atoms with E-state index in [0.29, 0.717) is 66.7 Å². The van der Waals surface area contributed by atoms with E-state index in [9.17, 15) is 14.4 Å². The third-order valence-corrected chi connectivity index (χ3v) is 7.26. The number of hydrogen-bond acceptors (Lipinski definition) is 8. The monoisotopic (exact) mass is 523 g/mol. The van der Waals surface area contributed by atoms with E-state index in [2.05, 4.69) is 26.3 Å². The largest absolute Gasteiger partial charge is 0.375 e. The van der Waals surface area contributed by atoms with Gasteiger partial charge in [-0.1, -0.05) is 6.07 Å². The number of carbonyl (C=O) groups is 1. The van der Waals surface area contributed by atoms with Gasteiger partial charge in [-0.05, 0) is 54.8 Å². The molecule has 0 saturated carbocycles. The molecule has 0 radical (unpaired) electrons. The van der Waals surface area contributed by atoms with Gasteiger partial charge in [0.05, 0.1) is 61.7 Å². The summed E-state index contributed by atoms with van der Waals surface area (Å²) in [5.41, 5.74) is 4.04. The number of nitriles is 1. The van der Waals surface area contributed by atoms with E-state index in [4.69, 9.17) is 9.72 Å². The maximum Gasteiger partial charge on any atom is 0.251 e. The van der Waals surface area contributed by atoms with Crippen LogP contribution in [0.15, 0.2) is 55.0 Å². The molecule has 5 heterocycles. The van der Waals surface area contributed by atoms with Gasteiger partial charge in [0.15, 0.2) is 0 Å². The quantitative estimate of drug-likeness (QED) is 0.419. The fourth-order valence-corrected chi connectivity index (χ4v) is 5.02. The summed E-state index contributed by atoms with van der Waals surface area (Å²) in [6, 6.07) is 13.3. The molecule has 1 amide bonds. The van der Waals surface area contributed by atoms with Gasteiger partial charge in [-0.15, -0.1) is 0 Å². The number of aromatic nitrogens is 4. The number of carbonyl (C=O) groups excluding carboxylic acids is 1. The molecule has 6 rings (SSSR count). The summed E-state index contributed by atoms with van der Waals surface area (Å²) in [4.78, 5) is 33.0. The highest BCUT2D eigenvalue weighted by molar-refractivity contribution is 5.94. The average Bonchev–Trinajstić information content (AvgIpc) is 3.42. The minimum Gasteiger partial charge on any atom is -0.375 e. The molecule has 2 aliphatic heterocycles. The van der Waals surface area contributed by atoms with Gasteiger partial charge >= 0.3 is 0 Å². The molecule has 1 aromatic carbocycles. The van der Waals surface area contributed by atoms with Crippen LogP contribution >= 0.6 is 0 Å². The van der Waals surface area contributed by atoms with Crippen LogP contribution < -0.4 is 10.2 Å². The average molecular weight is 524 g/mol. The Morgan fingerprint density at radius 1 is 1.21 bits per heavy atom. The van der Waals surface area contributed by atoms with Crippen LogP contribution in [0.1, 0.15) is 40.5 Å². The second-order valence-corrected chi connectivity index (χ2v) is 10.2. The lowest BCUT2D eigenvalue weighted by Crippen LogP contribution is -2.33. The highest BCUT2D eigenvalue weighted by Crippen LogP contribution is 2.32. The molecule has 10 heteroatoms. The Bertz CT molecular complexity index is 1620. The van der Waals surface area contributed by atoms with Gasteiger partial charge < -0.3 is 15.0 Å². The van der Waals surface area contributed by atoms with Crippen molar-refractivity contribution in [3.63, 3.8) is 0 Å². The minimum atomic E-state index is -0.847. The van der Waals surface area contributed by atoms with Gasteiger partial charge in [-0.25, -0.2) is 14.4 Å². The third-order valence-electron chi connectivity index (χ3n) is 7.26. The molecule has 196 valence electrons. The van der Waals surface area contributed by atoms with E-state index < -0.39 is 11.6 Å². The minimum absolute atomic E-state index is 0.213. The van der Waals surface area contributed by atoms with Crippen molar-refractivity contribution in [2.24, 2.45) is 0 Å². The van der Waals surface area contributed by atoms with Crippen LogP contribution in [0.2, 0.25) is 0 Å². The maximum absolute atomic E-state index is 13.7. The van der Waals surface area contributed by atoms with Crippen molar-refractivity contribution in [1.82, 2.24) is 25.3 Å². The van der Waals surface area contributed by atoms with E-state index in [-0.39, 0.29) is 12.5 Å². The summed E-state index contributed by atoms with van der Waals surface area (Å²) in [6.45, 7) is 3.69. The predicted octanol–water partition coefficient (Wildman–Crippen LogP) is 3.88. The molecule has 3 aromatic heterocycles. The molecular weight excluding hydrogens is 497 g/mol. The molecule has 39 heavy (non-hydrogen) atoms. The Labute approximate surface area is 224 Å². The van der Waals surface area contributed by atoms with Crippen LogP contribution in [0, 0.1) is 11.3 Å². The van der Waals surface area contributed by atoms with E-state index in [1.54, 1.807) is 30.7 Å². The zero-order chi connectivity index (χ0) is 27.0. The number of fused-ring (bicyclic) bond motifs is 2. The van der Waals surface area contributed by atoms with Gasteiger partial charge in [0.1, 0.15) is 23.1 Å². The van der Waals surface area contributed by atoms with Crippen molar-refractivity contribution in [3.8, 4) is 17.5 Å². The van der Waals surface area contributed by atoms with Crippen molar-refractivity contribution < 1.29 is 13.9 Å². The van der Waals surface area contributed by atoms with E-state index >= 15 is 0 Å². The summed E-state index contributed by atoms with van der Waals surface area (Å²) in [7, 11) is 0. The van der Waals surface area contributed by atoms with Crippen LogP contribution in [0.4, 0.5) is 10.2 Å². The van der Waals surface area contributed by atoms with Crippen molar-refractivity contribution in [2.75, 3.05) is 24.6 Å². The van der Waals surface area contributed by atoms with Crippen molar-refractivity contribution in [3.05, 3.63) is 77.4 Å². The topological polar surface area (TPSA) is 117 Å². The fraction of sp³-hybridized carbons (Fsp3) is 0.310. The summed E-state index contributed by atoms with van der Waals surface area (Å²) in [5.74, 6) is 0.384. The first-order valence-electron chi connectivity index (χ1n) is 12.8. The molecule has 2 aliphatic rings. The third kappa shape index (κ3) is 4.89. The number of hydrogen-bond donors (Lipinski definition) is 1.